The van der Waals surface area contributed by atoms with Crippen LogP contribution in [0.25, 0.3) is 10.9 Å². The molecule has 31 heavy (non-hydrogen) atoms. The molecule has 1 aromatic heterocycles. The Balaban J connectivity index is 1.60. The molecule has 1 N–H and O–H groups in total. The van der Waals surface area contributed by atoms with Gasteiger partial charge < -0.3 is 9.72 Å². The lowest BCUT2D eigenvalue weighted by Crippen LogP contribution is -2.13. The molecule has 3 aromatic carbocycles. The molecule has 0 fully saturated rings. The molecule has 0 unspecified atom stereocenters. The summed E-state index contributed by atoms with van der Waals surface area (Å²) in [6.45, 7) is 0.0123. The van der Waals surface area contributed by atoms with Crippen molar-refractivity contribution >= 4 is 45.7 Å². The highest BCUT2D eigenvalue weighted by molar-refractivity contribution is 6.42. The highest BCUT2D eigenvalue weighted by Crippen LogP contribution is 2.35. The van der Waals surface area contributed by atoms with Crippen molar-refractivity contribution in [3.8, 4) is 5.75 Å². The van der Waals surface area contributed by atoms with Crippen LogP contribution in [0.2, 0.25) is 15.1 Å². The van der Waals surface area contributed by atoms with Crippen LogP contribution in [0.15, 0.2) is 66.9 Å². The fraction of sp³-hybridized carbons (Fsp3) is 0.130. The number of ether oxygens (including phenoxy) is 1. The molecule has 0 amide bonds. The van der Waals surface area contributed by atoms with E-state index in [1.54, 1.807) is 24.3 Å². The number of para-hydroxylation sites is 1. The highest BCUT2D eigenvalue weighted by Gasteiger charge is 2.24. The van der Waals surface area contributed by atoms with Gasteiger partial charge in [-0.1, -0.05) is 65.1 Å². The summed E-state index contributed by atoms with van der Waals surface area (Å²) in [6.07, 6.45) is 1.82. The molecule has 0 radical (unpaired) electrons. The zero-order valence-electron chi connectivity index (χ0n) is 16.1. The van der Waals surface area contributed by atoms with Crippen LogP contribution in [0.5, 0.6) is 5.75 Å². The van der Waals surface area contributed by atoms with Crippen LogP contribution in [-0.2, 0) is 6.61 Å². The molecule has 158 valence electrons. The van der Waals surface area contributed by atoms with Crippen LogP contribution < -0.4 is 4.74 Å². The summed E-state index contributed by atoms with van der Waals surface area (Å²) in [7, 11) is 0. The van der Waals surface area contributed by atoms with Crippen molar-refractivity contribution < 1.29 is 9.66 Å². The first-order valence-electron chi connectivity index (χ1n) is 9.46. The standard InChI is InChI=1S/C23H17Cl3N2O3/c24-19-7-5-14(9-20(19)25)13-31-23-8-6-15(10-21(23)26)18(12-28(29)30)17-11-27-22-4-2-1-3-16(17)22/h1-11,18,27H,12-13H2/t18-/m0/s1. The van der Waals surface area contributed by atoms with Gasteiger partial charge in [0, 0.05) is 22.0 Å². The average molecular weight is 476 g/mol. The SMILES string of the molecule is O=[N+]([O-])C[C@@H](c1ccc(OCc2ccc(Cl)c(Cl)c2)c(Cl)c1)c1c[nH]c2ccccc12. The van der Waals surface area contributed by atoms with E-state index in [2.05, 4.69) is 4.98 Å². The van der Waals surface area contributed by atoms with Crippen LogP contribution in [0.3, 0.4) is 0 Å². The van der Waals surface area contributed by atoms with Crippen LogP contribution in [0, 0.1) is 10.1 Å². The van der Waals surface area contributed by atoms with E-state index in [-0.39, 0.29) is 18.1 Å². The van der Waals surface area contributed by atoms with Gasteiger partial charge in [0.15, 0.2) is 0 Å². The maximum Gasteiger partial charge on any atom is 0.214 e. The fourth-order valence-corrected chi connectivity index (χ4v) is 4.12. The zero-order chi connectivity index (χ0) is 22.0. The molecule has 0 saturated carbocycles. The lowest BCUT2D eigenvalue weighted by atomic mass is 9.91. The quantitative estimate of drug-likeness (QED) is 0.229. The lowest BCUT2D eigenvalue weighted by molar-refractivity contribution is -0.481. The number of benzene rings is 3. The summed E-state index contributed by atoms with van der Waals surface area (Å²) in [5.41, 5.74) is 3.37. The van der Waals surface area contributed by atoms with Crippen molar-refractivity contribution in [2.75, 3.05) is 6.54 Å². The molecule has 5 nitrogen and oxygen atoms in total. The summed E-state index contributed by atoms with van der Waals surface area (Å²) in [5, 5.41) is 13.6. The molecule has 8 heteroatoms. The Morgan fingerprint density at radius 1 is 0.968 bits per heavy atom. The second-order valence-corrected chi connectivity index (χ2v) is 8.31. The van der Waals surface area contributed by atoms with Crippen LogP contribution in [0.4, 0.5) is 0 Å². The highest BCUT2D eigenvalue weighted by atomic mass is 35.5. The number of aromatic nitrogens is 1. The predicted molar refractivity (Wildman–Crippen MR) is 124 cm³/mol. The number of hydrogen-bond acceptors (Lipinski definition) is 3. The largest absolute Gasteiger partial charge is 0.487 e. The smallest absolute Gasteiger partial charge is 0.214 e. The maximum atomic E-state index is 11.4. The Bertz CT molecular complexity index is 1260. The predicted octanol–water partition coefficient (Wildman–Crippen LogP) is 7.12. The van der Waals surface area contributed by atoms with Crippen molar-refractivity contribution in [1.29, 1.82) is 0 Å². The molecule has 1 heterocycles. The van der Waals surface area contributed by atoms with E-state index >= 15 is 0 Å². The van der Waals surface area contributed by atoms with Gasteiger partial charge in [-0.25, -0.2) is 0 Å². The molecular weight excluding hydrogens is 459 g/mol. The van der Waals surface area contributed by atoms with Crippen LogP contribution >= 0.6 is 34.8 Å². The van der Waals surface area contributed by atoms with E-state index in [1.807, 2.05) is 42.6 Å². The zero-order valence-corrected chi connectivity index (χ0v) is 18.4. The van der Waals surface area contributed by atoms with E-state index in [1.165, 1.54) is 0 Å². The molecule has 0 spiro atoms. The van der Waals surface area contributed by atoms with Crippen molar-refractivity contribution in [2.45, 2.75) is 12.5 Å². The van der Waals surface area contributed by atoms with E-state index in [0.29, 0.717) is 20.8 Å². The summed E-state index contributed by atoms with van der Waals surface area (Å²) in [4.78, 5) is 14.3. The first-order valence-corrected chi connectivity index (χ1v) is 10.6. The monoisotopic (exact) mass is 474 g/mol. The summed E-state index contributed by atoms with van der Waals surface area (Å²) in [6, 6.07) is 18.2. The second kappa shape index (κ2) is 9.18. The topological polar surface area (TPSA) is 68.2 Å². The molecule has 1 atom stereocenters. The van der Waals surface area contributed by atoms with Gasteiger partial charge in [-0.2, -0.15) is 0 Å². The molecule has 0 saturated heterocycles. The number of H-pyrrole nitrogens is 1. The first-order chi connectivity index (χ1) is 14.9. The van der Waals surface area contributed by atoms with Gasteiger partial charge in [0.05, 0.1) is 21.0 Å². The number of halogens is 3. The van der Waals surface area contributed by atoms with Gasteiger partial charge in [-0.05, 0) is 47.0 Å². The molecule has 4 rings (SSSR count). The van der Waals surface area contributed by atoms with E-state index in [4.69, 9.17) is 39.5 Å². The van der Waals surface area contributed by atoms with Crippen LogP contribution in [0.1, 0.15) is 22.6 Å². The van der Waals surface area contributed by atoms with Gasteiger partial charge in [-0.15, -0.1) is 0 Å². The number of hydrogen-bond donors (Lipinski definition) is 1. The van der Waals surface area contributed by atoms with Crippen molar-refractivity contribution in [1.82, 2.24) is 4.98 Å². The van der Waals surface area contributed by atoms with E-state index in [0.717, 1.165) is 27.6 Å². The molecule has 0 aliphatic heterocycles. The molecule has 0 aliphatic carbocycles. The van der Waals surface area contributed by atoms with Gasteiger partial charge in [0.2, 0.25) is 6.54 Å². The molecule has 4 aromatic rings. The normalized spacial score (nSPS) is 12.1. The third-order valence-electron chi connectivity index (χ3n) is 5.06. The molecule has 0 aliphatic rings. The summed E-state index contributed by atoms with van der Waals surface area (Å²) < 4.78 is 5.82. The average Bonchev–Trinajstić information content (AvgIpc) is 3.17. The minimum absolute atomic E-state index is 0.248. The van der Waals surface area contributed by atoms with Gasteiger partial charge in [0.25, 0.3) is 0 Å². The van der Waals surface area contributed by atoms with E-state index < -0.39 is 5.92 Å². The minimum Gasteiger partial charge on any atom is -0.487 e. The molecule has 0 bridgehead atoms. The number of fused-ring (bicyclic) bond motifs is 1. The Hall–Kier alpha value is -2.73. The summed E-state index contributed by atoms with van der Waals surface area (Å²) >= 11 is 18.4. The van der Waals surface area contributed by atoms with Gasteiger partial charge in [-0.3, -0.25) is 10.1 Å². The Morgan fingerprint density at radius 3 is 2.52 bits per heavy atom. The number of aromatic amines is 1. The van der Waals surface area contributed by atoms with Gasteiger partial charge in [0.1, 0.15) is 12.4 Å². The third kappa shape index (κ3) is 4.79. The van der Waals surface area contributed by atoms with Crippen LogP contribution in [-0.4, -0.2) is 16.5 Å². The summed E-state index contributed by atoms with van der Waals surface area (Å²) in [5.74, 6) is 0.0306. The number of nitrogens with one attached hydrogen (secondary N) is 1. The minimum atomic E-state index is -0.451. The van der Waals surface area contributed by atoms with Crippen molar-refractivity contribution in [3.05, 3.63) is 109 Å². The van der Waals surface area contributed by atoms with E-state index in [9.17, 15) is 10.1 Å². The van der Waals surface area contributed by atoms with Crippen molar-refractivity contribution in [3.63, 3.8) is 0 Å². The Labute approximate surface area is 193 Å². The Kier molecular flexibility index (Phi) is 6.37. The number of rotatable bonds is 7. The Morgan fingerprint density at radius 2 is 1.77 bits per heavy atom. The van der Waals surface area contributed by atoms with Gasteiger partial charge >= 0.3 is 0 Å². The first kappa shape index (κ1) is 21.5. The third-order valence-corrected chi connectivity index (χ3v) is 6.10. The molecular formula is C23H17Cl3N2O3. The maximum absolute atomic E-state index is 11.4. The number of nitro groups is 1. The fourth-order valence-electron chi connectivity index (χ4n) is 3.56. The lowest BCUT2D eigenvalue weighted by Gasteiger charge is -2.15. The van der Waals surface area contributed by atoms with Crippen molar-refractivity contribution in [2.24, 2.45) is 0 Å². The number of nitrogens with zero attached hydrogens (tertiary/aromatic N) is 1. The second-order valence-electron chi connectivity index (χ2n) is 7.08.